The highest BCUT2D eigenvalue weighted by molar-refractivity contribution is 7.11. The Morgan fingerprint density at radius 2 is 2.03 bits per heavy atom. The van der Waals surface area contributed by atoms with Gasteiger partial charge in [0.1, 0.15) is 11.6 Å². The zero-order valence-electron chi connectivity index (χ0n) is 20.8. The predicted octanol–water partition coefficient (Wildman–Crippen LogP) is 5.49. The molecule has 3 heterocycles. The zero-order chi connectivity index (χ0) is 27.1. The molecule has 0 radical (unpaired) electrons. The Morgan fingerprint density at radius 1 is 1.30 bits per heavy atom. The van der Waals surface area contributed by atoms with Crippen molar-refractivity contribution in [2.45, 2.75) is 45.8 Å². The Balaban J connectivity index is 1.85. The Kier molecular flexibility index (Phi) is 7.57. The number of aliphatic carboxylic acids is 1. The van der Waals surface area contributed by atoms with Gasteiger partial charge in [0.2, 0.25) is 0 Å². The number of likely N-dealkylation sites (tertiary alicyclic amines) is 1. The number of thiazole rings is 1. The van der Waals surface area contributed by atoms with E-state index in [4.69, 9.17) is 16.3 Å². The highest BCUT2D eigenvalue weighted by atomic mass is 35.5. The number of hydrogen-bond acceptors (Lipinski definition) is 7. The lowest BCUT2D eigenvalue weighted by molar-refractivity contribution is -0.133. The normalized spacial score (nSPS) is 20.4. The molecule has 0 bridgehead atoms. The number of rotatable bonds is 5. The Hall–Kier alpha value is -3.05. The molecule has 4 rings (SSSR count). The van der Waals surface area contributed by atoms with Crippen molar-refractivity contribution in [3.8, 4) is 0 Å². The lowest BCUT2D eigenvalue weighted by atomic mass is 9.89. The molecule has 1 N–H and O–H groups in total. The molecule has 1 aromatic carbocycles. The molecule has 2 aliphatic rings. The highest BCUT2D eigenvalue weighted by Crippen LogP contribution is 2.43. The number of carbonyl (C=O) groups is 2. The van der Waals surface area contributed by atoms with Gasteiger partial charge in [-0.2, -0.15) is 0 Å². The van der Waals surface area contributed by atoms with E-state index < -0.39 is 40.4 Å². The summed E-state index contributed by atoms with van der Waals surface area (Å²) in [5, 5.41) is 12.2. The minimum atomic E-state index is -1.27. The van der Waals surface area contributed by atoms with Gasteiger partial charge in [-0.1, -0.05) is 17.7 Å². The van der Waals surface area contributed by atoms with Crippen LogP contribution in [0.4, 0.5) is 13.6 Å². The maximum Gasteiger partial charge on any atom is 0.410 e. The number of amides is 1. The molecular weight excluding hydrogens is 526 g/mol. The standard InChI is InChI=1S/C25H27ClF2N4O4S/c1-5-32-20(13-8-10-31(12-13)24(35)36-25(2,3)4)16(23(33)34)19(30-21(32)22-29-9-11-37-22)14-6-7-15(27)18(28)17(14)26/h6-7,9,11,13,19H,5,8,10,12H2,1-4H3,(H,33,34). The second-order valence-corrected chi connectivity index (χ2v) is 11.0. The summed E-state index contributed by atoms with van der Waals surface area (Å²) in [4.78, 5) is 37.8. The summed E-state index contributed by atoms with van der Waals surface area (Å²) >= 11 is 7.50. The van der Waals surface area contributed by atoms with E-state index in [1.807, 2.05) is 6.92 Å². The van der Waals surface area contributed by atoms with Crippen molar-refractivity contribution < 1.29 is 28.2 Å². The number of carboxylic acid groups (broad SMARTS) is 1. The molecule has 37 heavy (non-hydrogen) atoms. The molecule has 198 valence electrons. The molecule has 1 amide bonds. The fourth-order valence-electron chi connectivity index (χ4n) is 4.60. The van der Waals surface area contributed by atoms with Crippen LogP contribution >= 0.6 is 22.9 Å². The fraction of sp³-hybridized carbons (Fsp3) is 0.440. The molecule has 2 unspecified atom stereocenters. The van der Waals surface area contributed by atoms with Crippen LogP contribution in [0.1, 0.15) is 50.7 Å². The van der Waals surface area contributed by atoms with Crippen molar-refractivity contribution in [3.05, 3.63) is 62.2 Å². The lowest BCUT2D eigenvalue weighted by Gasteiger charge is -2.37. The highest BCUT2D eigenvalue weighted by Gasteiger charge is 2.43. The summed E-state index contributed by atoms with van der Waals surface area (Å²) in [6, 6.07) is 0.936. The first-order chi connectivity index (χ1) is 17.4. The summed E-state index contributed by atoms with van der Waals surface area (Å²) < 4.78 is 33.8. The van der Waals surface area contributed by atoms with Gasteiger partial charge >= 0.3 is 12.1 Å². The largest absolute Gasteiger partial charge is 0.478 e. The quantitative estimate of drug-likeness (QED) is 0.493. The number of carbonyl (C=O) groups excluding carboxylic acids is 1. The van der Waals surface area contributed by atoms with Crippen molar-refractivity contribution in [1.29, 1.82) is 0 Å². The van der Waals surface area contributed by atoms with Crippen LogP contribution in [-0.4, -0.2) is 63.0 Å². The zero-order valence-corrected chi connectivity index (χ0v) is 22.4. The number of aliphatic imine (C=N–C) groups is 1. The van der Waals surface area contributed by atoms with Gasteiger partial charge in [0, 0.05) is 48.4 Å². The summed E-state index contributed by atoms with van der Waals surface area (Å²) in [5.74, 6) is -3.66. The lowest BCUT2D eigenvalue weighted by Crippen LogP contribution is -2.41. The maximum absolute atomic E-state index is 14.5. The van der Waals surface area contributed by atoms with Crippen molar-refractivity contribution in [2.75, 3.05) is 19.6 Å². The molecule has 0 spiro atoms. The van der Waals surface area contributed by atoms with Crippen LogP contribution in [0.15, 0.2) is 40.0 Å². The van der Waals surface area contributed by atoms with Gasteiger partial charge in [-0.25, -0.2) is 23.4 Å². The minimum absolute atomic E-state index is 0.0299. The Labute approximate surface area is 222 Å². The molecule has 2 aromatic rings. The van der Waals surface area contributed by atoms with E-state index in [0.717, 1.165) is 6.07 Å². The SMILES string of the molecule is CCN1C(c2nccs2)=NC(c2ccc(F)c(F)c2Cl)C(C(=O)O)=C1C1CCN(C(=O)OC(C)(C)C)C1. The third-order valence-electron chi connectivity index (χ3n) is 6.10. The van der Waals surface area contributed by atoms with E-state index >= 15 is 0 Å². The van der Waals surface area contributed by atoms with E-state index in [1.165, 1.54) is 17.4 Å². The number of benzene rings is 1. The number of hydrogen-bond donors (Lipinski definition) is 1. The molecule has 1 aromatic heterocycles. The van der Waals surface area contributed by atoms with Crippen molar-refractivity contribution >= 4 is 40.8 Å². The minimum Gasteiger partial charge on any atom is -0.478 e. The predicted molar refractivity (Wildman–Crippen MR) is 136 cm³/mol. The topological polar surface area (TPSA) is 95.3 Å². The molecule has 12 heteroatoms. The van der Waals surface area contributed by atoms with Crippen molar-refractivity contribution in [1.82, 2.24) is 14.8 Å². The van der Waals surface area contributed by atoms with Crippen LogP contribution in [0, 0.1) is 17.6 Å². The number of amidine groups is 1. The first-order valence-electron chi connectivity index (χ1n) is 11.8. The van der Waals surface area contributed by atoms with Crippen LogP contribution in [-0.2, 0) is 9.53 Å². The second-order valence-electron chi connectivity index (χ2n) is 9.72. The average molecular weight is 553 g/mol. The first kappa shape index (κ1) is 27.0. The van der Waals surface area contributed by atoms with Crippen LogP contribution in [0.5, 0.6) is 0 Å². The van der Waals surface area contributed by atoms with E-state index in [0.29, 0.717) is 36.1 Å². The molecule has 1 fully saturated rings. The number of halogens is 3. The molecule has 1 saturated heterocycles. The molecule has 8 nitrogen and oxygen atoms in total. The van der Waals surface area contributed by atoms with Gasteiger partial charge < -0.3 is 19.6 Å². The van der Waals surface area contributed by atoms with Crippen molar-refractivity contribution in [2.24, 2.45) is 10.9 Å². The molecule has 2 atom stereocenters. The second kappa shape index (κ2) is 10.4. The molecular formula is C25H27ClF2N4O4S. The molecule has 0 aliphatic carbocycles. The van der Waals surface area contributed by atoms with Gasteiger partial charge in [-0.15, -0.1) is 11.3 Å². The van der Waals surface area contributed by atoms with Crippen LogP contribution in [0.3, 0.4) is 0 Å². The average Bonchev–Trinajstić information content (AvgIpc) is 3.53. The third-order valence-corrected chi connectivity index (χ3v) is 7.26. The van der Waals surface area contributed by atoms with Gasteiger partial charge in [0.25, 0.3) is 0 Å². The van der Waals surface area contributed by atoms with Crippen LogP contribution in [0.2, 0.25) is 5.02 Å². The van der Waals surface area contributed by atoms with Crippen LogP contribution in [0.25, 0.3) is 0 Å². The van der Waals surface area contributed by atoms with E-state index in [1.54, 1.807) is 42.1 Å². The third kappa shape index (κ3) is 5.33. The van der Waals surface area contributed by atoms with Gasteiger partial charge in [-0.05, 0) is 40.2 Å². The first-order valence-corrected chi connectivity index (χ1v) is 13.0. The van der Waals surface area contributed by atoms with Crippen molar-refractivity contribution in [3.63, 3.8) is 0 Å². The fourth-order valence-corrected chi connectivity index (χ4v) is 5.50. The summed E-state index contributed by atoms with van der Waals surface area (Å²) in [6.07, 6.45) is 1.59. The number of carboxylic acids is 1. The van der Waals surface area contributed by atoms with Gasteiger partial charge in [0.05, 0.1) is 10.6 Å². The number of nitrogens with zero attached hydrogens (tertiary/aromatic N) is 4. The molecule has 2 aliphatic heterocycles. The summed E-state index contributed by atoms with van der Waals surface area (Å²) in [5.41, 5.74) is -0.319. The van der Waals surface area contributed by atoms with Gasteiger partial charge in [-0.3, -0.25) is 4.99 Å². The molecule has 0 saturated carbocycles. The monoisotopic (exact) mass is 552 g/mol. The smallest absolute Gasteiger partial charge is 0.410 e. The van der Waals surface area contributed by atoms with E-state index in [-0.39, 0.29) is 23.6 Å². The number of aromatic nitrogens is 1. The van der Waals surface area contributed by atoms with Crippen LogP contribution < -0.4 is 0 Å². The van der Waals surface area contributed by atoms with E-state index in [2.05, 4.69) is 9.98 Å². The maximum atomic E-state index is 14.5. The van der Waals surface area contributed by atoms with Gasteiger partial charge in [0.15, 0.2) is 22.5 Å². The Morgan fingerprint density at radius 3 is 2.62 bits per heavy atom. The summed E-state index contributed by atoms with van der Waals surface area (Å²) in [7, 11) is 0. The van der Waals surface area contributed by atoms with E-state index in [9.17, 15) is 23.5 Å². The summed E-state index contributed by atoms with van der Waals surface area (Å²) in [6.45, 7) is 8.14. The Bertz CT molecular complexity index is 1280. The number of ether oxygens (including phenoxy) is 1.